The second-order valence-corrected chi connectivity index (χ2v) is 2.77. The van der Waals surface area contributed by atoms with E-state index in [-0.39, 0.29) is 12.3 Å². The Morgan fingerprint density at radius 1 is 1.20 bits per heavy atom. The van der Waals surface area contributed by atoms with E-state index in [1.807, 2.05) is 0 Å². The first-order valence-electron chi connectivity index (χ1n) is 3.65. The predicted octanol–water partition coefficient (Wildman–Crippen LogP) is 1.74. The smallest absolute Gasteiger partial charge is 0.445 e. The van der Waals surface area contributed by atoms with E-state index in [4.69, 9.17) is 5.73 Å². The maximum absolute atomic E-state index is 12.1. The number of aromatic nitrogens is 1. The van der Waals surface area contributed by atoms with Gasteiger partial charge in [-0.25, -0.2) is 4.98 Å². The van der Waals surface area contributed by atoms with Gasteiger partial charge in [-0.15, -0.1) is 0 Å². The Balaban J connectivity index is 3.30. The number of halogens is 6. The monoisotopic (exact) mass is 229 g/mol. The van der Waals surface area contributed by atoms with Crippen LogP contribution >= 0.6 is 0 Å². The highest BCUT2D eigenvalue weighted by Gasteiger charge is 2.36. The molecule has 0 saturated heterocycles. The second kappa shape index (κ2) is 3.32. The summed E-state index contributed by atoms with van der Waals surface area (Å²) in [5.74, 6) is -0.966. The van der Waals surface area contributed by atoms with Crippen LogP contribution in [0.5, 0.6) is 0 Å². The summed E-state index contributed by atoms with van der Waals surface area (Å²) < 4.78 is 72.7. The summed E-state index contributed by atoms with van der Waals surface area (Å²) in [6, 6.07) is -0.0394. The third-order valence-corrected chi connectivity index (χ3v) is 1.62. The molecular weight excluding hydrogens is 225 g/mol. The van der Waals surface area contributed by atoms with Crippen LogP contribution in [0, 0.1) is 0 Å². The van der Waals surface area contributed by atoms with Gasteiger partial charge in [0.2, 0.25) is 0 Å². The molecule has 0 unspecified atom stereocenters. The number of alkyl halides is 3. The van der Waals surface area contributed by atoms with Crippen LogP contribution in [0.1, 0.15) is 5.56 Å². The molecular formula is C6H4BF6N2-. The molecule has 15 heavy (non-hydrogen) atoms. The summed E-state index contributed by atoms with van der Waals surface area (Å²) in [4.78, 5) is 2.87. The number of nitrogens with two attached hydrogens (primary N) is 1. The lowest BCUT2D eigenvalue weighted by molar-refractivity contribution is -0.137. The number of hydrogen-bond donors (Lipinski definition) is 1. The fourth-order valence-electron chi connectivity index (χ4n) is 0.898. The molecule has 1 heterocycles. The third-order valence-electron chi connectivity index (χ3n) is 1.62. The van der Waals surface area contributed by atoms with Crippen LogP contribution in [-0.2, 0) is 6.18 Å². The van der Waals surface area contributed by atoms with Gasteiger partial charge in [0.05, 0.1) is 5.56 Å². The van der Waals surface area contributed by atoms with Gasteiger partial charge in [0.1, 0.15) is 5.82 Å². The lowest BCUT2D eigenvalue weighted by Crippen LogP contribution is -2.35. The number of nitrogens with zero attached hydrogens (tertiary/aromatic N) is 1. The molecule has 0 fully saturated rings. The molecule has 0 amide bonds. The van der Waals surface area contributed by atoms with Gasteiger partial charge >= 0.3 is 13.2 Å². The van der Waals surface area contributed by atoms with Crippen molar-refractivity contribution in [3.05, 3.63) is 17.8 Å². The summed E-state index contributed by atoms with van der Waals surface area (Å²) in [6.07, 6.45) is -4.65. The Kier molecular flexibility index (Phi) is 2.58. The van der Waals surface area contributed by atoms with Gasteiger partial charge in [0.15, 0.2) is 0 Å². The molecule has 0 aliphatic carbocycles. The van der Waals surface area contributed by atoms with Crippen molar-refractivity contribution in [2.45, 2.75) is 6.18 Å². The normalized spacial score (nSPS) is 12.9. The zero-order chi connectivity index (χ0) is 11.9. The van der Waals surface area contributed by atoms with Gasteiger partial charge < -0.3 is 18.7 Å². The highest BCUT2D eigenvalue weighted by atomic mass is 19.4. The van der Waals surface area contributed by atoms with Crippen LogP contribution in [0.15, 0.2) is 12.3 Å². The molecule has 1 aromatic rings. The van der Waals surface area contributed by atoms with Gasteiger partial charge in [-0.2, -0.15) is 13.2 Å². The van der Waals surface area contributed by atoms with Crippen molar-refractivity contribution < 1.29 is 26.1 Å². The molecule has 0 spiro atoms. The van der Waals surface area contributed by atoms with Gasteiger partial charge in [-0.05, 0) is 0 Å². The quantitative estimate of drug-likeness (QED) is 0.588. The molecule has 0 aliphatic rings. The lowest BCUT2D eigenvalue weighted by Gasteiger charge is -2.17. The van der Waals surface area contributed by atoms with E-state index in [0.29, 0.717) is 0 Å². The summed E-state index contributed by atoms with van der Waals surface area (Å²) in [5, 5.41) is 0. The summed E-state index contributed by atoms with van der Waals surface area (Å²) >= 11 is 0. The summed E-state index contributed by atoms with van der Waals surface area (Å²) in [5.41, 5.74) is 1.84. The third kappa shape index (κ3) is 2.54. The van der Waals surface area contributed by atoms with Gasteiger partial charge in [0.25, 0.3) is 0 Å². The average Bonchev–Trinajstić information content (AvgIpc) is 2.00. The molecule has 0 saturated carbocycles. The van der Waals surface area contributed by atoms with E-state index < -0.39 is 30.0 Å². The minimum atomic E-state index is -5.51. The highest BCUT2D eigenvalue weighted by Crippen LogP contribution is 2.32. The van der Waals surface area contributed by atoms with E-state index in [0.717, 1.165) is 0 Å². The Morgan fingerprint density at radius 2 is 1.73 bits per heavy atom. The first-order chi connectivity index (χ1) is 6.62. The van der Waals surface area contributed by atoms with E-state index in [9.17, 15) is 26.1 Å². The van der Waals surface area contributed by atoms with E-state index in [1.54, 1.807) is 0 Å². The molecule has 0 bridgehead atoms. The average molecular weight is 229 g/mol. The standard InChI is InChI=1S/C6H4BF6N2/c8-6(9,10)4-1-3(7(11,12)13)2-15-5(4)14/h1-2H,(H2,14,15)/q-1. The van der Waals surface area contributed by atoms with Crippen LogP contribution in [0.4, 0.5) is 31.9 Å². The maximum Gasteiger partial charge on any atom is 0.511 e. The zero-order valence-corrected chi connectivity index (χ0v) is 7.02. The van der Waals surface area contributed by atoms with Crippen molar-refractivity contribution in [2.75, 3.05) is 5.73 Å². The fourth-order valence-corrected chi connectivity index (χ4v) is 0.898. The number of pyridine rings is 1. The van der Waals surface area contributed by atoms with Crippen molar-refractivity contribution in [3.8, 4) is 0 Å². The number of nitrogen functional groups attached to an aromatic ring is 1. The lowest BCUT2D eigenvalue weighted by atomic mass is 9.81. The van der Waals surface area contributed by atoms with Crippen LogP contribution in [0.3, 0.4) is 0 Å². The van der Waals surface area contributed by atoms with Crippen molar-refractivity contribution in [2.24, 2.45) is 0 Å². The molecule has 9 heteroatoms. The van der Waals surface area contributed by atoms with E-state index in [1.165, 1.54) is 0 Å². The Bertz CT molecular complexity index is 371. The molecule has 0 atom stereocenters. The van der Waals surface area contributed by atoms with Crippen molar-refractivity contribution in [3.63, 3.8) is 0 Å². The molecule has 1 aromatic heterocycles. The van der Waals surface area contributed by atoms with Gasteiger partial charge in [-0.3, -0.25) is 0 Å². The van der Waals surface area contributed by atoms with Crippen LogP contribution < -0.4 is 11.2 Å². The van der Waals surface area contributed by atoms with Crippen molar-refractivity contribution >= 4 is 18.3 Å². The Labute approximate surface area is 80.2 Å². The van der Waals surface area contributed by atoms with Crippen LogP contribution in [0.25, 0.3) is 0 Å². The van der Waals surface area contributed by atoms with E-state index in [2.05, 4.69) is 4.98 Å². The highest BCUT2D eigenvalue weighted by molar-refractivity contribution is 6.73. The zero-order valence-electron chi connectivity index (χ0n) is 7.02. The Morgan fingerprint density at radius 3 is 2.13 bits per heavy atom. The summed E-state index contributed by atoms with van der Waals surface area (Å²) in [6.45, 7) is -5.51. The fraction of sp³-hybridized carbons (Fsp3) is 0.167. The van der Waals surface area contributed by atoms with E-state index >= 15 is 0 Å². The van der Waals surface area contributed by atoms with Gasteiger partial charge in [0, 0.05) is 6.20 Å². The second-order valence-electron chi connectivity index (χ2n) is 2.77. The minimum absolute atomic E-state index is 0.0394. The largest absolute Gasteiger partial charge is 0.511 e. The maximum atomic E-state index is 12.1. The molecule has 0 aromatic carbocycles. The Hall–Kier alpha value is -1.41. The molecule has 0 radical (unpaired) electrons. The number of rotatable bonds is 1. The van der Waals surface area contributed by atoms with Crippen molar-refractivity contribution in [1.82, 2.24) is 4.98 Å². The predicted molar refractivity (Wildman–Crippen MR) is 42.4 cm³/mol. The van der Waals surface area contributed by atoms with Crippen LogP contribution in [0.2, 0.25) is 0 Å². The van der Waals surface area contributed by atoms with Crippen LogP contribution in [-0.4, -0.2) is 12.0 Å². The molecule has 2 N–H and O–H groups in total. The van der Waals surface area contributed by atoms with Crippen molar-refractivity contribution in [1.29, 1.82) is 0 Å². The number of anilines is 1. The molecule has 0 aliphatic heterocycles. The minimum Gasteiger partial charge on any atom is -0.445 e. The number of hydrogen-bond acceptors (Lipinski definition) is 2. The molecule has 2 nitrogen and oxygen atoms in total. The topological polar surface area (TPSA) is 38.9 Å². The first kappa shape index (κ1) is 11.7. The summed E-state index contributed by atoms with van der Waals surface area (Å²) in [7, 11) is 0. The molecule has 84 valence electrons. The first-order valence-corrected chi connectivity index (χ1v) is 3.65. The molecule has 1 rings (SSSR count). The SMILES string of the molecule is Nc1ncc([B-](F)(F)F)cc1C(F)(F)F. The van der Waals surface area contributed by atoms with Gasteiger partial charge in [-0.1, -0.05) is 11.5 Å².